The molecule has 0 spiro atoms. The minimum Gasteiger partial charge on any atom is -0.493 e. The second-order valence-electron chi connectivity index (χ2n) is 6.88. The van der Waals surface area contributed by atoms with Crippen molar-refractivity contribution in [2.45, 2.75) is 25.9 Å². The first-order valence-electron chi connectivity index (χ1n) is 9.29. The molecule has 0 saturated heterocycles. The Labute approximate surface area is 166 Å². The van der Waals surface area contributed by atoms with Crippen LogP contribution in [0.5, 0.6) is 11.5 Å². The normalized spacial score (nSPS) is 12.7. The molecule has 6 nitrogen and oxygen atoms in total. The van der Waals surface area contributed by atoms with Gasteiger partial charge in [0.25, 0.3) is 5.91 Å². The Balaban J connectivity index is 1.97. The number of quaternary nitrogens is 1. The molecular weight excluding hydrogens is 356 g/mol. The topological polar surface area (TPSA) is 69.1 Å². The fourth-order valence-electron chi connectivity index (χ4n) is 3.15. The number of benzene rings is 2. The smallest absolute Gasteiger partial charge is 0.275 e. The molecule has 0 heterocycles. The molecule has 28 heavy (non-hydrogen) atoms. The van der Waals surface area contributed by atoms with Crippen LogP contribution in [0.3, 0.4) is 0 Å². The second-order valence-corrected chi connectivity index (χ2v) is 6.88. The fourth-order valence-corrected chi connectivity index (χ4v) is 3.15. The molecule has 0 radical (unpaired) electrons. The highest BCUT2D eigenvalue weighted by Gasteiger charge is 2.21. The molecule has 0 aliphatic carbocycles. The van der Waals surface area contributed by atoms with Gasteiger partial charge in [0.15, 0.2) is 23.8 Å². The van der Waals surface area contributed by atoms with E-state index in [2.05, 4.69) is 5.32 Å². The zero-order valence-corrected chi connectivity index (χ0v) is 17.0. The number of ether oxygens (including phenoxy) is 2. The largest absolute Gasteiger partial charge is 0.493 e. The first-order valence-corrected chi connectivity index (χ1v) is 9.29. The van der Waals surface area contributed by atoms with E-state index in [4.69, 9.17) is 9.47 Å². The second kappa shape index (κ2) is 10.5. The van der Waals surface area contributed by atoms with Crippen LogP contribution in [-0.4, -0.2) is 45.5 Å². The lowest BCUT2D eigenvalue weighted by Crippen LogP contribution is -3.09. The maximum absolute atomic E-state index is 12.5. The van der Waals surface area contributed by atoms with E-state index in [0.29, 0.717) is 24.5 Å². The van der Waals surface area contributed by atoms with E-state index in [1.54, 1.807) is 14.2 Å². The Morgan fingerprint density at radius 2 is 1.75 bits per heavy atom. The molecule has 0 saturated carbocycles. The SMILES string of the molecule is COc1cccc(C[NH+](C)CC(=O)N[C@H](Cc2ccccc2)C(C)=O)c1OC. The monoisotopic (exact) mass is 385 g/mol. The third kappa shape index (κ3) is 6.09. The van der Waals surface area contributed by atoms with Crippen molar-refractivity contribution in [3.8, 4) is 11.5 Å². The molecule has 1 amide bonds. The van der Waals surface area contributed by atoms with Crippen LogP contribution in [0, 0.1) is 0 Å². The van der Waals surface area contributed by atoms with Crippen LogP contribution in [-0.2, 0) is 22.6 Å². The molecule has 1 unspecified atom stereocenters. The number of methoxy groups -OCH3 is 2. The Morgan fingerprint density at radius 1 is 1.04 bits per heavy atom. The molecule has 0 aromatic heterocycles. The highest BCUT2D eigenvalue weighted by atomic mass is 16.5. The van der Waals surface area contributed by atoms with E-state index in [-0.39, 0.29) is 18.2 Å². The molecule has 0 fully saturated rings. The average Bonchev–Trinajstić information content (AvgIpc) is 2.67. The van der Waals surface area contributed by atoms with Gasteiger partial charge in [-0.3, -0.25) is 9.59 Å². The fraction of sp³-hybridized carbons (Fsp3) is 0.364. The van der Waals surface area contributed by atoms with Crippen LogP contribution < -0.4 is 19.7 Å². The lowest BCUT2D eigenvalue weighted by atomic mass is 10.0. The predicted octanol–water partition coefficient (Wildman–Crippen LogP) is 1.04. The minimum absolute atomic E-state index is 0.0516. The Kier molecular flexibility index (Phi) is 8.02. The molecule has 0 aliphatic rings. The summed E-state index contributed by atoms with van der Waals surface area (Å²) < 4.78 is 10.8. The van der Waals surface area contributed by atoms with Crippen molar-refractivity contribution in [3.05, 3.63) is 59.7 Å². The van der Waals surface area contributed by atoms with Crippen LogP contribution in [0.1, 0.15) is 18.1 Å². The number of carbonyl (C=O) groups is 2. The van der Waals surface area contributed by atoms with Gasteiger partial charge in [-0.1, -0.05) is 36.4 Å². The van der Waals surface area contributed by atoms with Crippen molar-refractivity contribution < 1.29 is 24.0 Å². The summed E-state index contributed by atoms with van der Waals surface area (Å²) in [4.78, 5) is 25.4. The van der Waals surface area contributed by atoms with Gasteiger partial charge < -0.3 is 19.7 Å². The van der Waals surface area contributed by atoms with Gasteiger partial charge >= 0.3 is 0 Å². The lowest BCUT2D eigenvalue weighted by molar-refractivity contribution is -0.885. The summed E-state index contributed by atoms with van der Waals surface area (Å²) >= 11 is 0. The van der Waals surface area contributed by atoms with Gasteiger partial charge in [-0.2, -0.15) is 0 Å². The Morgan fingerprint density at radius 3 is 2.36 bits per heavy atom. The summed E-state index contributed by atoms with van der Waals surface area (Å²) in [6.45, 7) is 2.35. The summed E-state index contributed by atoms with van der Waals surface area (Å²) in [6.07, 6.45) is 0.491. The Hall–Kier alpha value is -2.86. The molecule has 2 atom stereocenters. The van der Waals surface area contributed by atoms with Gasteiger partial charge in [-0.25, -0.2) is 0 Å². The number of carbonyl (C=O) groups excluding carboxylic acids is 2. The van der Waals surface area contributed by atoms with E-state index >= 15 is 0 Å². The van der Waals surface area contributed by atoms with Crippen LogP contribution in [0.25, 0.3) is 0 Å². The minimum atomic E-state index is -0.519. The van der Waals surface area contributed by atoms with E-state index < -0.39 is 6.04 Å². The zero-order valence-electron chi connectivity index (χ0n) is 17.0. The maximum atomic E-state index is 12.5. The number of hydrogen-bond donors (Lipinski definition) is 2. The molecule has 2 rings (SSSR count). The average molecular weight is 385 g/mol. The quantitative estimate of drug-likeness (QED) is 0.641. The summed E-state index contributed by atoms with van der Waals surface area (Å²) in [5.41, 5.74) is 1.98. The van der Waals surface area contributed by atoms with E-state index in [9.17, 15) is 9.59 Å². The number of hydrogen-bond acceptors (Lipinski definition) is 4. The van der Waals surface area contributed by atoms with Gasteiger partial charge in [0.05, 0.1) is 32.9 Å². The molecule has 150 valence electrons. The lowest BCUT2D eigenvalue weighted by Gasteiger charge is -2.19. The predicted molar refractivity (Wildman–Crippen MR) is 108 cm³/mol. The van der Waals surface area contributed by atoms with Crippen molar-refractivity contribution in [1.29, 1.82) is 0 Å². The first kappa shape index (κ1) is 21.4. The number of nitrogens with one attached hydrogen (secondary N) is 2. The third-order valence-electron chi connectivity index (χ3n) is 4.55. The van der Waals surface area contributed by atoms with Gasteiger partial charge in [0.1, 0.15) is 6.54 Å². The van der Waals surface area contributed by atoms with Crippen molar-refractivity contribution in [1.82, 2.24) is 5.32 Å². The Bertz CT molecular complexity index is 792. The molecular formula is C22H29N2O4+. The summed E-state index contributed by atoms with van der Waals surface area (Å²) in [5.74, 6) is 1.13. The van der Waals surface area contributed by atoms with E-state index in [1.165, 1.54) is 6.92 Å². The maximum Gasteiger partial charge on any atom is 0.275 e. The van der Waals surface area contributed by atoms with Crippen molar-refractivity contribution in [2.75, 3.05) is 27.8 Å². The van der Waals surface area contributed by atoms with Gasteiger partial charge in [0.2, 0.25) is 0 Å². The highest BCUT2D eigenvalue weighted by Crippen LogP contribution is 2.29. The first-order chi connectivity index (χ1) is 13.4. The molecule has 2 N–H and O–H groups in total. The number of para-hydroxylation sites is 1. The van der Waals surface area contributed by atoms with E-state index in [1.807, 2.05) is 55.6 Å². The van der Waals surface area contributed by atoms with Crippen molar-refractivity contribution >= 4 is 11.7 Å². The van der Waals surface area contributed by atoms with Crippen LogP contribution in [0.2, 0.25) is 0 Å². The van der Waals surface area contributed by atoms with Crippen LogP contribution in [0.15, 0.2) is 48.5 Å². The molecule has 0 bridgehead atoms. The molecule has 6 heteroatoms. The molecule has 2 aromatic rings. The summed E-state index contributed by atoms with van der Waals surface area (Å²) in [7, 11) is 5.13. The van der Waals surface area contributed by atoms with Crippen molar-refractivity contribution in [3.63, 3.8) is 0 Å². The number of likely N-dealkylation sites (N-methyl/N-ethyl adjacent to an activating group) is 1. The highest BCUT2D eigenvalue weighted by molar-refractivity contribution is 5.88. The van der Waals surface area contributed by atoms with Crippen molar-refractivity contribution in [2.24, 2.45) is 0 Å². The summed E-state index contributed by atoms with van der Waals surface area (Å²) in [6, 6.07) is 14.9. The van der Waals surface area contributed by atoms with Gasteiger partial charge in [0, 0.05) is 0 Å². The van der Waals surface area contributed by atoms with Gasteiger partial charge in [-0.05, 0) is 31.0 Å². The number of ketones is 1. The zero-order chi connectivity index (χ0) is 20.5. The van der Waals surface area contributed by atoms with Gasteiger partial charge in [-0.15, -0.1) is 0 Å². The van der Waals surface area contributed by atoms with Crippen LogP contribution >= 0.6 is 0 Å². The molecule has 0 aliphatic heterocycles. The van der Waals surface area contributed by atoms with Crippen LogP contribution in [0.4, 0.5) is 0 Å². The van der Waals surface area contributed by atoms with E-state index in [0.717, 1.165) is 16.0 Å². The third-order valence-corrected chi connectivity index (χ3v) is 4.55. The number of amides is 1. The standard InChI is InChI=1S/C22H28N2O4/c1-16(25)19(13-17-9-6-5-7-10-17)23-21(26)15-24(2)14-18-11-8-12-20(27-3)22(18)28-4/h5-12,19H,13-15H2,1-4H3,(H,23,26)/p+1/t19-/m1/s1. The molecule has 2 aromatic carbocycles. The summed E-state index contributed by atoms with van der Waals surface area (Å²) in [5, 5.41) is 2.87. The number of rotatable bonds is 10. The number of Topliss-reactive ketones (excluding diaryl/α,β-unsaturated/α-hetero) is 1.